The zero-order chi connectivity index (χ0) is 13.4. The largest absolute Gasteiger partial charge is 0.354 e. The fourth-order valence-corrected chi connectivity index (χ4v) is 3.54. The summed E-state index contributed by atoms with van der Waals surface area (Å²) in [5.41, 5.74) is 1.08. The van der Waals surface area contributed by atoms with E-state index in [1.54, 1.807) is 0 Å². The van der Waals surface area contributed by atoms with Gasteiger partial charge < -0.3 is 5.32 Å². The number of amides is 1. The molecule has 0 aromatic heterocycles. The van der Waals surface area contributed by atoms with Crippen molar-refractivity contribution < 1.29 is 9.18 Å². The van der Waals surface area contributed by atoms with E-state index in [1.165, 1.54) is 6.07 Å². The number of halogens is 2. The summed E-state index contributed by atoms with van der Waals surface area (Å²) < 4.78 is 13.7. The average Bonchev–Trinajstić information content (AvgIpc) is 2.77. The lowest BCUT2D eigenvalue weighted by molar-refractivity contribution is -0.124. The third-order valence-electron chi connectivity index (χ3n) is 4.09. The van der Waals surface area contributed by atoms with Crippen LogP contribution in [0, 0.1) is 11.7 Å². The minimum Gasteiger partial charge on any atom is -0.354 e. The second-order valence-corrected chi connectivity index (χ2v) is 6.13. The molecule has 0 saturated carbocycles. The van der Waals surface area contributed by atoms with Crippen molar-refractivity contribution in [3.05, 3.63) is 34.1 Å². The van der Waals surface area contributed by atoms with E-state index < -0.39 is 0 Å². The van der Waals surface area contributed by atoms with Gasteiger partial charge in [-0.1, -0.05) is 6.07 Å². The van der Waals surface area contributed by atoms with Gasteiger partial charge in [0, 0.05) is 19.1 Å². The van der Waals surface area contributed by atoms with Gasteiger partial charge in [0.15, 0.2) is 0 Å². The lowest BCUT2D eigenvalue weighted by atomic mass is 9.91. The molecule has 0 bridgehead atoms. The maximum atomic E-state index is 13.2. The molecule has 1 aromatic carbocycles. The van der Waals surface area contributed by atoms with Crippen molar-refractivity contribution in [3.8, 4) is 0 Å². The van der Waals surface area contributed by atoms with Crippen LogP contribution in [-0.4, -0.2) is 29.9 Å². The summed E-state index contributed by atoms with van der Waals surface area (Å²) in [6.07, 6.45) is 2.04. The second kappa shape index (κ2) is 5.21. The summed E-state index contributed by atoms with van der Waals surface area (Å²) in [7, 11) is 0. The van der Waals surface area contributed by atoms with Crippen molar-refractivity contribution in [1.29, 1.82) is 0 Å². The van der Waals surface area contributed by atoms with E-state index >= 15 is 0 Å². The third kappa shape index (κ3) is 2.54. The molecule has 19 heavy (non-hydrogen) atoms. The van der Waals surface area contributed by atoms with Crippen molar-refractivity contribution in [3.63, 3.8) is 0 Å². The minimum absolute atomic E-state index is 0.137. The van der Waals surface area contributed by atoms with Gasteiger partial charge in [-0.3, -0.25) is 9.69 Å². The Labute approximate surface area is 120 Å². The number of hydrogen-bond acceptors (Lipinski definition) is 2. The Morgan fingerprint density at radius 2 is 2.32 bits per heavy atom. The number of carbonyl (C=O) groups is 1. The normalized spacial score (nSPS) is 27.2. The monoisotopic (exact) mass is 326 g/mol. The number of benzene rings is 1. The molecule has 2 atom stereocenters. The molecule has 1 aromatic rings. The summed E-state index contributed by atoms with van der Waals surface area (Å²) in [5, 5.41) is 2.95. The predicted octanol–water partition coefficient (Wildman–Crippen LogP) is 2.30. The Morgan fingerprint density at radius 3 is 3.11 bits per heavy atom. The predicted molar refractivity (Wildman–Crippen MR) is 74.0 cm³/mol. The molecule has 0 spiro atoms. The van der Waals surface area contributed by atoms with Crippen LogP contribution in [0.1, 0.15) is 18.4 Å². The van der Waals surface area contributed by atoms with Crippen molar-refractivity contribution in [1.82, 2.24) is 10.2 Å². The highest BCUT2D eigenvalue weighted by atomic mass is 79.9. The highest BCUT2D eigenvalue weighted by molar-refractivity contribution is 9.10. The summed E-state index contributed by atoms with van der Waals surface area (Å²) in [6, 6.07) is 5.42. The van der Waals surface area contributed by atoms with E-state index in [0.29, 0.717) is 10.5 Å². The quantitative estimate of drug-likeness (QED) is 0.904. The molecule has 1 N–H and O–H groups in total. The smallest absolute Gasteiger partial charge is 0.224 e. The van der Waals surface area contributed by atoms with E-state index in [0.717, 1.165) is 38.0 Å². The maximum Gasteiger partial charge on any atom is 0.224 e. The number of rotatable bonds is 2. The SMILES string of the molecule is O=C1NCC2C1CCCN2Cc1ccc(F)c(Br)c1. The molecule has 3 rings (SSSR count). The Morgan fingerprint density at radius 1 is 1.47 bits per heavy atom. The standard InChI is InChI=1S/C14H16BrFN2O/c15-11-6-9(3-4-12(11)16)8-18-5-1-2-10-13(18)7-17-14(10)19/h3-4,6,10,13H,1-2,5,7-8H2,(H,17,19). The summed E-state index contributed by atoms with van der Waals surface area (Å²) in [6.45, 7) is 2.52. The Balaban J connectivity index is 1.75. The molecule has 1 amide bonds. The van der Waals surface area contributed by atoms with Gasteiger partial charge in [-0.2, -0.15) is 0 Å². The first kappa shape index (κ1) is 13.1. The first-order chi connectivity index (χ1) is 9.15. The molecule has 2 unspecified atom stereocenters. The maximum absolute atomic E-state index is 13.2. The molecular weight excluding hydrogens is 311 g/mol. The van der Waals surface area contributed by atoms with Crippen LogP contribution in [0.2, 0.25) is 0 Å². The summed E-state index contributed by atoms with van der Waals surface area (Å²) >= 11 is 3.22. The Bertz CT molecular complexity index is 508. The Hall–Kier alpha value is -0.940. The molecule has 2 fully saturated rings. The molecule has 0 aliphatic carbocycles. The topological polar surface area (TPSA) is 32.3 Å². The van der Waals surface area contributed by atoms with Crippen molar-refractivity contribution in [2.45, 2.75) is 25.4 Å². The number of fused-ring (bicyclic) bond motifs is 1. The zero-order valence-corrected chi connectivity index (χ0v) is 12.1. The van der Waals surface area contributed by atoms with E-state index in [2.05, 4.69) is 26.1 Å². The molecule has 3 nitrogen and oxygen atoms in total. The molecule has 102 valence electrons. The lowest BCUT2D eigenvalue weighted by Crippen LogP contribution is -2.44. The number of carbonyl (C=O) groups excluding carboxylic acids is 1. The van der Waals surface area contributed by atoms with Gasteiger partial charge in [-0.25, -0.2) is 4.39 Å². The van der Waals surface area contributed by atoms with E-state index in [9.17, 15) is 9.18 Å². The van der Waals surface area contributed by atoms with E-state index in [1.807, 2.05) is 12.1 Å². The number of nitrogens with one attached hydrogen (secondary N) is 1. The van der Waals surface area contributed by atoms with Crippen LogP contribution in [0.4, 0.5) is 4.39 Å². The first-order valence-electron chi connectivity index (χ1n) is 6.61. The molecule has 2 aliphatic rings. The Kier molecular flexibility index (Phi) is 3.58. The van der Waals surface area contributed by atoms with Gasteiger partial charge in [0.25, 0.3) is 0 Å². The van der Waals surface area contributed by atoms with Gasteiger partial charge in [0.1, 0.15) is 5.82 Å². The van der Waals surface area contributed by atoms with Crippen LogP contribution in [0.15, 0.2) is 22.7 Å². The third-order valence-corrected chi connectivity index (χ3v) is 4.69. The second-order valence-electron chi connectivity index (χ2n) is 5.28. The summed E-state index contributed by atoms with van der Waals surface area (Å²) in [5.74, 6) is 0.0885. The molecular formula is C14H16BrFN2O. The highest BCUT2D eigenvalue weighted by Crippen LogP contribution is 2.29. The minimum atomic E-state index is -0.238. The van der Waals surface area contributed by atoms with Crippen molar-refractivity contribution in [2.75, 3.05) is 13.1 Å². The fourth-order valence-electron chi connectivity index (χ4n) is 3.11. The van der Waals surface area contributed by atoms with Crippen molar-refractivity contribution >= 4 is 21.8 Å². The van der Waals surface area contributed by atoms with Crippen molar-refractivity contribution in [2.24, 2.45) is 5.92 Å². The highest BCUT2D eigenvalue weighted by Gasteiger charge is 2.40. The average molecular weight is 327 g/mol. The molecule has 2 heterocycles. The van der Waals surface area contributed by atoms with Gasteiger partial charge >= 0.3 is 0 Å². The lowest BCUT2D eigenvalue weighted by Gasteiger charge is -2.35. The first-order valence-corrected chi connectivity index (χ1v) is 7.40. The fraction of sp³-hybridized carbons (Fsp3) is 0.500. The van der Waals surface area contributed by atoms with E-state index in [4.69, 9.17) is 0 Å². The number of piperidine rings is 1. The van der Waals surface area contributed by atoms with Crippen LogP contribution >= 0.6 is 15.9 Å². The van der Waals surface area contributed by atoms with Crippen LogP contribution in [0.3, 0.4) is 0 Å². The van der Waals surface area contributed by atoms with Gasteiger partial charge in [0.2, 0.25) is 5.91 Å². The molecule has 5 heteroatoms. The molecule has 2 aliphatic heterocycles. The number of hydrogen-bond donors (Lipinski definition) is 1. The van der Waals surface area contributed by atoms with Crippen LogP contribution < -0.4 is 5.32 Å². The van der Waals surface area contributed by atoms with Crippen LogP contribution in [0.5, 0.6) is 0 Å². The van der Waals surface area contributed by atoms with Gasteiger partial charge in [-0.15, -0.1) is 0 Å². The van der Waals surface area contributed by atoms with Crippen LogP contribution in [0.25, 0.3) is 0 Å². The number of nitrogens with zero attached hydrogens (tertiary/aromatic N) is 1. The zero-order valence-electron chi connectivity index (χ0n) is 10.5. The van der Waals surface area contributed by atoms with Gasteiger partial charge in [-0.05, 0) is 53.0 Å². The number of likely N-dealkylation sites (tertiary alicyclic amines) is 1. The van der Waals surface area contributed by atoms with Gasteiger partial charge in [0.05, 0.1) is 10.4 Å². The van der Waals surface area contributed by atoms with Crippen LogP contribution in [-0.2, 0) is 11.3 Å². The molecule has 0 radical (unpaired) electrons. The molecule has 2 saturated heterocycles. The van der Waals surface area contributed by atoms with E-state index in [-0.39, 0.29) is 17.6 Å². The summed E-state index contributed by atoms with van der Waals surface area (Å²) in [4.78, 5) is 14.0.